The van der Waals surface area contributed by atoms with Gasteiger partial charge >= 0.3 is 0 Å². The monoisotopic (exact) mass is 454 g/mol. The van der Waals surface area contributed by atoms with Gasteiger partial charge in [-0.25, -0.2) is 9.37 Å². The highest BCUT2D eigenvalue weighted by Gasteiger charge is 2.25. The number of halogens is 1. The van der Waals surface area contributed by atoms with Gasteiger partial charge in [0.05, 0.1) is 5.69 Å². The fourth-order valence-electron chi connectivity index (χ4n) is 2.99. The van der Waals surface area contributed by atoms with Crippen molar-refractivity contribution in [1.82, 2.24) is 10.3 Å². The van der Waals surface area contributed by atoms with Crippen LogP contribution in [-0.2, 0) is 9.59 Å². The Morgan fingerprint density at radius 2 is 1.75 bits per heavy atom. The Kier molecular flexibility index (Phi) is 7.32. The van der Waals surface area contributed by atoms with E-state index in [0.717, 1.165) is 11.3 Å². The van der Waals surface area contributed by atoms with Gasteiger partial charge in [0.15, 0.2) is 5.13 Å². The SMILES string of the molecule is CC(=O)Nc1ccc(-c2csc(NC(=O)[C@@H](NC(=O)c3ccccc3)C(C)C)n2)c(F)c1. The Morgan fingerprint density at radius 3 is 2.38 bits per heavy atom. The molecule has 0 radical (unpaired) electrons. The molecule has 3 rings (SSSR count). The molecule has 0 aliphatic carbocycles. The molecular weight excluding hydrogens is 431 g/mol. The molecule has 0 bridgehead atoms. The van der Waals surface area contributed by atoms with Gasteiger partial charge in [0.2, 0.25) is 11.8 Å². The Hall–Kier alpha value is -3.59. The number of aromatic nitrogens is 1. The lowest BCUT2D eigenvalue weighted by Crippen LogP contribution is -2.47. The predicted octanol–water partition coefficient (Wildman–Crippen LogP) is 4.30. The Balaban J connectivity index is 1.71. The lowest BCUT2D eigenvalue weighted by atomic mass is 10.0. The molecule has 32 heavy (non-hydrogen) atoms. The first-order valence-electron chi connectivity index (χ1n) is 9.94. The minimum atomic E-state index is -0.774. The average Bonchev–Trinajstić information content (AvgIpc) is 3.19. The molecule has 166 valence electrons. The summed E-state index contributed by atoms with van der Waals surface area (Å²) in [5, 5.41) is 9.88. The maximum absolute atomic E-state index is 14.5. The topological polar surface area (TPSA) is 100 Å². The molecule has 1 atom stereocenters. The van der Waals surface area contributed by atoms with Gasteiger partial charge in [0, 0.05) is 29.1 Å². The molecule has 0 saturated carbocycles. The zero-order valence-corrected chi connectivity index (χ0v) is 18.6. The third kappa shape index (κ3) is 5.76. The van der Waals surface area contributed by atoms with Crippen molar-refractivity contribution in [2.75, 3.05) is 10.6 Å². The maximum Gasteiger partial charge on any atom is 0.251 e. The molecule has 0 aliphatic heterocycles. The van der Waals surface area contributed by atoms with Gasteiger partial charge in [-0.2, -0.15) is 0 Å². The number of hydrogen-bond acceptors (Lipinski definition) is 5. The fraction of sp³-hybridized carbons (Fsp3) is 0.217. The summed E-state index contributed by atoms with van der Waals surface area (Å²) < 4.78 is 14.5. The van der Waals surface area contributed by atoms with Crippen LogP contribution in [0.5, 0.6) is 0 Å². The van der Waals surface area contributed by atoms with Gasteiger partial charge < -0.3 is 16.0 Å². The molecule has 3 amide bonds. The van der Waals surface area contributed by atoms with Crippen molar-refractivity contribution in [3.63, 3.8) is 0 Å². The van der Waals surface area contributed by atoms with E-state index in [2.05, 4.69) is 20.9 Å². The van der Waals surface area contributed by atoms with Crippen LogP contribution < -0.4 is 16.0 Å². The molecule has 0 saturated heterocycles. The average molecular weight is 455 g/mol. The quantitative estimate of drug-likeness (QED) is 0.496. The molecule has 0 unspecified atom stereocenters. The van der Waals surface area contributed by atoms with Crippen molar-refractivity contribution < 1.29 is 18.8 Å². The third-order valence-corrected chi connectivity index (χ3v) is 5.33. The fourth-order valence-corrected chi connectivity index (χ4v) is 3.70. The zero-order valence-electron chi connectivity index (χ0n) is 17.8. The Bertz CT molecular complexity index is 1130. The normalized spacial score (nSPS) is 11.7. The zero-order chi connectivity index (χ0) is 23.3. The van der Waals surface area contributed by atoms with Crippen LogP contribution in [0.4, 0.5) is 15.2 Å². The van der Waals surface area contributed by atoms with Gasteiger partial charge in [0.25, 0.3) is 5.91 Å². The number of thiazole rings is 1. The van der Waals surface area contributed by atoms with Crippen molar-refractivity contribution in [1.29, 1.82) is 0 Å². The van der Waals surface area contributed by atoms with E-state index >= 15 is 0 Å². The summed E-state index contributed by atoms with van der Waals surface area (Å²) in [5.41, 5.74) is 1.40. The van der Waals surface area contributed by atoms with E-state index < -0.39 is 17.8 Å². The largest absolute Gasteiger partial charge is 0.340 e. The molecule has 1 aromatic heterocycles. The van der Waals surface area contributed by atoms with Crippen LogP contribution in [0.1, 0.15) is 31.1 Å². The highest BCUT2D eigenvalue weighted by atomic mass is 32.1. The Morgan fingerprint density at radius 1 is 1.03 bits per heavy atom. The number of anilines is 2. The van der Waals surface area contributed by atoms with E-state index in [0.29, 0.717) is 16.9 Å². The van der Waals surface area contributed by atoms with Crippen LogP contribution in [0.3, 0.4) is 0 Å². The van der Waals surface area contributed by atoms with Gasteiger partial charge in [-0.05, 0) is 36.2 Å². The first-order chi connectivity index (χ1) is 15.2. The number of carbonyl (C=O) groups excluding carboxylic acids is 3. The summed E-state index contributed by atoms with van der Waals surface area (Å²) in [6.45, 7) is 5.00. The number of carbonyl (C=O) groups is 3. The summed E-state index contributed by atoms with van der Waals surface area (Å²) >= 11 is 1.15. The van der Waals surface area contributed by atoms with Crippen LogP contribution in [-0.4, -0.2) is 28.7 Å². The summed E-state index contributed by atoms with van der Waals surface area (Å²) in [6, 6.07) is 12.2. The minimum absolute atomic E-state index is 0.166. The van der Waals surface area contributed by atoms with Gasteiger partial charge in [0.1, 0.15) is 11.9 Å². The third-order valence-electron chi connectivity index (χ3n) is 4.57. The van der Waals surface area contributed by atoms with E-state index in [1.54, 1.807) is 41.8 Å². The molecule has 9 heteroatoms. The molecular formula is C23H23FN4O3S. The van der Waals surface area contributed by atoms with Crippen molar-refractivity contribution in [2.24, 2.45) is 5.92 Å². The molecule has 7 nitrogen and oxygen atoms in total. The number of hydrogen-bond donors (Lipinski definition) is 3. The second-order valence-corrected chi connectivity index (χ2v) is 8.32. The van der Waals surface area contributed by atoms with E-state index in [4.69, 9.17) is 0 Å². The van der Waals surface area contributed by atoms with Crippen LogP contribution in [0.2, 0.25) is 0 Å². The summed E-state index contributed by atoms with van der Waals surface area (Å²) in [4.78, 5) is 40.7. The molecule has 1 heterocycles. The van der Waals surface area contributed by atoms with Crippen molar-refractivity contribution in [3.05, 3.63) is 65.3 Å². The van der Waals surface area contributed by atoms with Gasteiger partial charge in [-0.1, -0.05) is 32.0 Å². The molecule has 0 spiro atoms. The number of benzene rings is 2. The lowest BCUT2D eigenvalue weighted by molar-refractivity contribution is -0.119. The van der Waals surface area contributed by atoms with Crippen LogP contribution in [0.15, 0.2) is 53.9 Å². The van der Waals surface area contributed by atoms with Crippen molar-refractivity contribution >= 4 is 39.9 Å². The first kappa shape index (κ1) is 23.1. The smallest absolute Gasteiger partial charge is 0.251 e. The van der Waals surface area contributed by atoms with E-state index in [1.807, 2.05) is 13.8 Å². The van der Waals surface area contributed by atoms with E-state index in [-0.39, 0.29) is 28.4 Å². The molecule has 3 aromatic rings. The highest BCUT2D eigenvalue weighted by molar-refractivity contribution is 7.14. The van der Waals surface area contributed by atoms with Gasteiger partial charge in [-0.3, -0.25) is 14.4 Å². The number of rotatable bonds is 7. The highest BCUT2D eigenvalue weighted by Crippen LogP contribution is 2.29. The standard InChI is InChI=1S/C23H23FN4O3S/c1-13(2)20(27-21(30)15-7-5-4-6-8-15)22(31)28-23-26-19(12-32-23)17-10-9-16(11-18(17)24)25-14(3)29/h4-13,20H,1-3H3,(H,25,29)(H,27,30)(H,26,28,31)/t20-/m0/s1. The molecule has 0 fully saturated rings. The first-order valence-corrected chi connectivity index (χ1v) is 10.8. The number of nitrogens with one attached hydrogen (secondary N) is 3. The molecule has 3 N–H and O–H groups in total. The second-order valence-electron chi connectivity index (χ2n) is 7.46. The van der Waals surface area contributed by atoms with Crippen LogP contribution in [0.25, 0.3) is 11.3 Å². The van der Waals surface area contributed by atoms with Crippen LogP contribution in [0, 0.1) is 11.7 Å². The Labute approximate surface area is 189 Å². The number of amides is 3. The minimum Gasteiger partial charge on any atom is -0.340 e. The number of nitrogens with zero attached hydrogens (tertiary/aromatic N) is 1. The van der Waals surface area contributed by atoms with E-state index in [1.165, 1.54) is 19.1 Å². The summed E-state index contributed by atoms with van der Waals surface area (Å²) in [7, 11) is 0. The maximum atomic E-state index is 14.5. The lowest BCUT2D eigenvalue weighted by Gasteiger charge is -2.21. The summed E-state index contributed by atoms with van der Waals surface area (Å²) in [6.07, 6.45) is 0. The molecule has 0 aliphatic rings. The predicted molar refractivity (Wildman–Crippen MR) is 123 cm³/mol. The van der Waals surface area contributed by atoms with Crippen LogP contribution >= 0.6 is 11.3 Å². The van der Waals surface area contributed by atoms with Crippen molar-refractivity contribution in [3.8, 4) is 11.3 Å². The summed E-state index contributed by atoms with van der Waals surface area (Å²) in [5.74, 6) is -1.77. The van der Waals surface area contributed by atoms with Gasteiger partial charge in [-0.15, -0.1) is 11.3 Å². The van der Waals surface area contributed by atoms with E-state index in [9.17, 15) is 18.8 Å². The second kappa shape index (κ2) is 10.1. The molecule has 2 aromatic carbocycles. The van der Waals surface area contributed by atoms with Crippen molar-refractivity contribution in [2.45, 2.75) is 26.8 Å².